The first kappa shape index (κ1) is 8.78. The molecule has 0 unspecified atom stereocenters. The van der Waals surface area contributed by atoms with Gasteiger partial charge >= 0.3 is 5.97 Å². The smallest absolute Gasteiger partial charge is 0.335 e. The zero-order valence-electron chi connectivity index (χ0n) is 7.29. The second-order valence-electron chi connectivity index (χ2n) is 2.91. The Kier molecular flexibility index (Phi) is 2.48. The van der Waals surface area contributed by atoms with Crippen LogP contribution in [0.4, 0.5) is 0 Å². The first-order valence-electron chi connectivity index (χ1n) is 3.90. The lowest BCUT2D eigenvalue weighted by Gasteiger charge is -1.97. The molecule has 0 saturated heterocycles. The largest absolute Gasteiger partial charge is 0.478 e. The molecule has 0 spiro atoms. The fourth-order valence-corrected chi connectivity index (χ4v) is 1.08. The lowest BCUT2D eigenvalue weighted by Crippen LogP contribution is -1.97. The van der Waals surface area contributed by atoms with Crippen molar-refractivity contribution in [2.45, 2.75) is 20.3 Å². The minimum atomic E-state index is -0.850. The van der Waals surface area contributed by atoms with Crippen LogP contribution < -0.4 is 0 Å². The topological polar surface area (TPSA) is 37.3 Å². The number of aliphatic carboxylic acids is 1. The summed E-state index contributed by atoms with van der Waals surface area (Å²) in [7, 11) is 0. The maximum Gasteiger partial charge on any atom is 0.335 e. The van der Waals surface area contributed by atoms with Gasteiger partial charge in [-0.15, -0.1) is 0 Å². The summed E-state index contributed by atoms with van der Waals surface area (Å²) >= 11 is 0. The molecule has 0 radical (unpaired) electrons. The summed E-state index contributed by atoms with van der Waals surface area (Å²) < 4.78 is 0. The molecule has 0 saturated carbocycles. The highest BCUT2D eigenvalue weighted by molar-refractivity contribution is 5.90. The standard InChI is InChI=1S/C10H12O2/c1-7-4-3-5-9(10(11)12)6-8(7)2/h4-6H,3H2,1-2H3,(H,11,12). The van der Waals surface area contributed by atoms with Gasteiger partial charge in [-0.1, -0.05) is 17.7 Å². The summed E-state index contributed by atoms with van der Waals surface area (Å²) in [5, 5.41) is 8.73. The Bertz CT molecular complexity index is 293. The van der Waals surface area contributed by atoms with Crippen molar-refractivity contribution >= 4 is 5.97 Å². The molecule has 1 aliphatic rings. The van der Waals surface area contributed by atoms with Crippen molar-refractivity contribution in [1.29, 1.82) is 0 Å². The van der Waals surface area contributed by atoms with Gasteiger partial charge in [0, 0.05) is 0 Å². The van der Waals surface area contributed by atoms with Crippen molar-refractivity contribution in [1.82, 2.24) is 0 Å². The lowest BCUT2D eigenvalue weighted by atomic mass is 10.1. The highest BCUT2D eigenvalue weighted by atomic mass is 16.4. The van der Waals surface area contributed by atoms with E-state index in [2.05, 4.69) is 0 Å². The number of carboxylic acid groups (broad SMARTS) is 1. The van der Waals surface area contributed by atoms with Crippen LogP contribution in [0.2, 0.25) is 0 Å². The van der Waals surface area contributed by atoms with Crippen molar-refractivity contribution in [3.8, 4) is 0 Å². The molecule has 1 aliphatic carbocycles. The van der Waals surface area contributed by atoms with Gasteiger partial charge in [0.1, 0.15) is 0 Å². The summed E-state index contributed by atoms with van der Waals surface area (Å²) in [5.41, 5.74) is 2.57. The monoisotopic (exact) mass is 164 g/mol. The van der Waals surface area contributed by atoms with Crippen LogP contribution in [0.3, 0.4) is 0 Å². The Hall–Kier alpha value is -1.31. The number of carboxylic acids is 1. The first-order valence-corrected chi connectivity index (χ1v) is 3.90. The molecule has 1 N–H and O–H groups in total. The molecule has 0 aromatic rings. The molecule has 0 bridgehead atoms. The van der Waals surface area contributed by atoms with Crippen LogP contribution in [-0.2, 0) is 4.79 Å². The van der Waals surface area contributed by atoms with Gasteiger partial charge in [0.25, 0.3) is 0 Å². The Morgan fingerprint density at radius 1 is 1.33 bits per heavy atom. The van der Waals surface area contributed by atoms with Crippen LogP contribution in [-0.4, -0.2) is 11.1 Å². The summed E-state index contributed by atoms with van der Waals surface area (Å²) in [6, 6.07) is 0. The van der Waals surface area contributed by atoms with Crippen molar-refractivity contribution in [2.24, 2.45) is 0 Å². The van der Waals surface area contributed by atoms with E-state index in [1.807, 2.05) is 19.9 Å². The summed E-state index contributed by atoms with van der Waals surface area (Å²) in [6.07, 6.45) is 6.17. The Morgan fingerprint density at radius 2 is 2.00 bits per heavy atom. The zero-order chi connectivity index (χ0) is 9.14. The lowest BCUT2D eigenvalue weighted by molar-refractivity contribution is -0.132. The van der Waals surface area contributed by atoms with E-state index in [-0.39, 0.29) is 0 Å². The van der Waals surface area contributed by atoms with E-state index in [4.69, 9.17) is 5.11 Å². The van der Waals surface area contributed by atoms with Crippen LogP contribution in [0.5, 0.6) is 0 Å². The zero-order valence-corrected chi connectivity index (χ0v) is 7.29. The SMILES string of the molecule is CC1=CCC=C(C(=O)O)C=C1C. The molecule has 0 aliphatic heterocycles. The van der Waals surface area contributed by atoms with Crippen molar-refractivity contribution < 1.29 is 9.90 Å². The van der Waals surface area contributed by atoms with E-state index in [0.29, 0.717) is 12.0 Å². The molecule has 0 heterocycles. The maximum absolute atomic E-state index is 10.6. The van der Waals surface area contributed by atoms with Gasteiger partial charge in [0.05, 0.1) is 5.57 Å². The van der Waals surface area contributed by atoms with Crippen LogP contribution in [0.1, 0.15) is 20.3 Å². The van der Waals surface area contributed by atoms with Crippen LogP contribution in [0, 0.1) is 0 Å². The molecule has 64 valence electrons. The average molecular weight is 164 g/mol. The molecule has 0 aromatic heterocycles. The molecule has 2 nitrogen and oxygen atoms in total. The number of carbonyl (C=O) groups is 1. The molecular weight excluding hydrogens is 152 g/mol. The second kappa shape index (κ2) is 3.39. The molecular formula is C10H12O2. The first-order chi connectivity index (χ1) is 5.61. The van der Waals surface area contributed by atoms with Gasteiger partial charge in [-0.2, -0.15) is 0 Å². The van der Waals surface area contributed by atoms with Crippen LogP contribution in [0.25, 0.3) is 0 Å². The second-order valence-corrected chi connectivity index (χ2v) is 2.91. The predicted octanol–water partition coefficient (Wildman–Crippen LogP) is 2.29. The number of hydrogen-bond acceptors (Lipinski definition) is 1. The number of rotatable bonds is 1. The van der Waals surface area contributed by atoms with E-state index in [1.54, 1.807) is 12.2 Å². The highest BCUT2D eigenvalue weighted by Crippen LogP contribution is 2.17. The van der Waals surface area contributed by atoms with E-state index < -0.39 is 5.97 Å². The number of allylic oxidation sites excluding steroid dienone is 4. The fraction of sp³-hybridized carbons (Fsp3) is 0.300. The molecule has 1 rings (SSSR count). The highest BCUT2D eigenvalue weighted by Gasteiger charge is 2.06. The Labute approximate surface area is 71.9 Å². The summed E-state index contributed by atoms with van der Waals surface area (Å²) in [6.45, 7) is 3.92. The van der Waals surface area contributed by atoms with Gasteiger partial charge in [-0.3, -0.25) is 0 Å². The Balaban J connectivity index is 2.98. The van der Waals surface area contributed by atoms with E-state index in [0.717, 1.165) is 11.1 Å². The van der Waals surface area contributed by atoms with Gasteiger partial charge in [-0.05, 0) is 31.9 Å². The molecule has 12 heavy (non-hydrogen) atoms. The van der Waals surface area contributed by atoms with Gasteiger partial charge in [0.15, 0.2) is 0 Å². The quantitative estimate of drug-likeness (QED) is 0.645. The predicted molar refractivity (Wildman–Crippen MR) is 47.8 cm³/mol. The number of hydrogen-bond donors (Lipinski definition) is 1. The van der Waals surface area contributed by atoms with E-state index >= 15 is 0 Å². The average Bonchev–Trinajstić information content (AvgIpc) is 2.15. The minimum Gasteiger partial charge on any atom is -0.478 e. The van der Waals surface area contributed by atoms with Gasteiger partial charge in [0.2, 0.25) is 0 Å². The summed E-state index contributed by atoms with van der Waals surface area (Å²) in [4.78, 5) is 10.6. The third kappa shape index (κ3) is 1.84. The van der Waals surface area contributed by atoms with Gasteiger partial charge < -0.3 is 5.11 Å². The molecule has 0 aromatic carbocycles. The third-order valence-corrected chi connectivity index (χ3v) is 2.00. The Morgan fingerprint density at radius 3 is 2.58 bits per heavy atom. The third-order valence-electron chi connectivity index (χ3n) is 2.00. The normalized spacial score (nSPS) is 17.3. The minimum absolute atomic E-state index is 0.389. The molecule has 2 heteroatoms. The fourth-order valence-electron chi connectivity index (χ4n) is 1.08. The van der Waals surface area contributed by atoms with E-state index in [1.165, 1.54) is 0 Å². The molecule has 0 atom stereocenters. The van der Waals surface area contributed by atoms with E-state index in [9.17, 15) is 4.79 Å². The molecule has 0 fully saturated rings. The van der Waals surface area contributed by atoms with Crippen LogP contribution >= 0.6 is 0 Å². The maximum atomic E-state index is 10.6. The summed E-state index contributed by atoms with van der Waals surface area (Å²) in [5.74, 6) is -0.850. The van der Waals surface area contributed by atoms with Crippen LogP contribution in [0.15, 0.2) is 34.9 Å². The van der Waals surface area contributed by atoms with Crippen molar-refractivity contribution in [2.75, 3.05) is 0 Å². The van der Waals surface area contributed by atoms with Crippen molar-refractivity contribution in [3.63, 3.8) is 0 Å². The molecule has 0 amide bonds. The van der Waals surface area contributed by atoms with Gasteiger partial charge in [-0.25, -0.2) is 4.79 Å². The van der Waals surface area contributed by atoms with Crippen molar-refractivity contribution in [3.05, 3.63) is 34.9 Å².